The van der Waals surface area contributed by atoms with Crippen molar-refractivity contribution in [2.24, 2.45) is 5.92 Å². The number of urea groups is 1. The van der Waals surface area contributed by atoms with Crippen molar-refractivity contribution in [1.29, 1.82) is 0 Å². The summed E-state index contributed by atoms with van der Waals surface area (Å²) in [4.78, 5) is 27.4. The van der Waals surface area contributed by atoms with Crippen LogP contribution in [0, 0.1) is 5.92 Å². The number of hydrogen-bond acceptors (Lipinski definition) is 3. The first-order valence-electron chi connectivity index (χ1n) is 8.76. The number of nitrogens with zero attached hydrogens (tertiary/aromatic N) is 1. The molecule has 0 spiro atoms. The molecule has 0 aliphatic carbocycles. The molecule has 1 saturated heterocycles. The van der Waals surface area contributed by atoms with Crippen molar-refractivity contribution in [3.8, 4) is 0 Å². The van der Waals surface area contributed by atoms with Gasteiger partial charge in [0.1, 0.15) is 6.04 Å². The number of carbonyl (C=O) groups is 2. The SMILES string of the molecule is CC[C@H](C)[C@H]1C(=O)Nc2ccccc2CN1C(=O)N[C@H]1CCNC1. The quantitative estimate of drug-likeness (QED) is 0.793. The maximum Gasteiger partial charge on any atom is 0.318 e. The van der Waals surface area contributed by atoms with Gasteiger partial charge in [0.25, 0.3) is 0 Å². The van der Waals surface area contributed by atoms with Gasteiger partial charge in [0.05, 0.1) is 6.54 Å². The molecule has 3 rings (SSSR count). The van der Waals surface area contributed by atoms with Crippen LogP contribution in [0.5, 0.6) is 0 Å². The fourth-order valence-electron chi connectivity index (χ4n) is 3.43. The zero-order valence-electron chi connectivity index (χ0n) is 14.3. The Hall–Kier alpha value is -2.08. The Morgan fingerprint density at radius 3 is 2.92 bits per heavy atom. The number of benzene rings is 1. The number of nitrogens with one attached hydrogen (secondary N) is 3. The van der Waals surface area contributed by atoms with Crippen molar-refractivity contribution in [3.05, 3.63) is 29.8 Å². The first-order chi connectivity index (χ1) is 11.6. The van der Waals surface area contributed by atoms with Crippen LogP contribution in [0.2, 0.25) is 0 Å². The molecule has 1 aromatic rings. The van der Waals surface area contributed by atoms with Crippen molar-refractivity contribution in [3.63, 3.8) is 0 Å². The van der Waals surface area contributed by atoms with Crippen LogP contribution in [-0.2, 0) is 11.3 Å². The molecule has 130 valence electrons. The maximum absolute atomic E-state index is 12.9. The lowest BCUT2D eigenvalue weighted by Crippen LogP contribution is -2.54. The summed E-state index contributed by atoms with van der Waals surface area (Å²) in [6.07, 6.45) is 1.76. The molecule has 1 aromatic carbocycles. The van der Waals surface area contributed by atoms with Crippen LogP contribution in [0.4, 0.5) is 10.5 Å². The molecule has 6 heteroatoms. The molecule has 3 N–H and O–H groups in total. The van der Waals surface area contributed by atoms with Crippen LogP contribution in [0.3, 0.4) is 0 Å². The number of anilines is 1. The van der Waals surface area contributed by atoms with Gasteiger partial charge in [0, 0.05) is 18.3 Å². The molecule has 0 radical (unpaired) electrons. The molecule has 2 aliphatic rings. The number of rotatable bonds is 3. The van der Waals surface area contributed by atoms with Crippen molar-refractivity contribution < 1.29 is 9.59 Å². The van der Waals surface area contributed by atoms with Gasteiger partial charge >= 0.3 is 6.03 Å². The Morgan fingerprint density at radius 2 is 2.21 bits per heavy atom. The van der Waals surface area contributed by atoms with Gasteiger partial charge in [-0.3, -0.25) is 4.79 Å². The maximum atomic E-state index is 12.9. The lowest BCUT2D eigenvalue weighted by molar-refractivity contribution is -0.121. The van der Waals surface area contributed by atoms with E-state index in [-0.39, 0.29) is 23.9 Å². The van der Waals surface area contributed by atoms with E-state index in [1.807, 2.05) is 38.1 Å². The topological polar surface area (TPSA) is 73.5 Å². The van der Waals surface area contributed by atoms with Gasteiger partial charge in [-0.05, 0) is 30.5 Å². The van der Waals surface area contributed by atoms with E-state index in [9.17, 15) is 9.59 Å². The van der Waals surface area contributed by atoms with Gasteiger partial charge in [-0.1, -0.05) is 38.5 Å². The molecule has 3 atom stereocenters. The van der Waals surface area contributed by atoms with E-state index in [4.69, 9.17) is 0 Å². The molecule has 0 aromatic heterocycles. The number of carbonyl (C=O) groups excluding carboxylic acids is 2. The summed E-state index contributed by atoms with van der Waals surface area (Å²) in [6, 6.07) is 7.21. The van der Waals surface area contributed by atoms with Crippen LogP contribution in [0.25, 0.3) is 0 Å². The van der Waals surface area contributed by atoms with E-state index in [0.29, 0.717) is 6.54 Å². The smallest absolute Gasteiger partial charge is 0.318 e. The lowest BCUT2D eigenvalue weighted by atomic mass is 9.97. The van der Waals surface area contributed by atoms with Gasteiger partial charge in [0.2, 0.25) is 5.91 Å². The second-order valence-electron chi connectivity index (χ2n) is 6.74. The van der Waals surface area contributed by atoms with E-state index in [0.717, 1.165) is 37.2 Å². The summed E-state index contributed by atoms with van der Waals surface area (Å²) >= 11 is 0. The van der Waals surface area contributed by atoms with Crippen LogP contribution >= 0.6 is 0 Å². The molecule has 3 amide bonds. The highest BCUT2D eigenvalue weighted by atomic mass is 16.2. The predicted octanol–water partition coefficient (Wildman–Crippen LogP) is 1.93. The van der Waals surface area contributed by atoms with Gasteiger partial charge in [-0.15, -0.1) is 0 Å². The average molecular weight is 330 g/mol. The Morgan fingerprint density at radius 1 is 1.42 bits per heavy atom. The highest BCUT2D eigenvalue weighted by Gasteiger charge is 2.37. The first-order valence-corrected chi connectivity index (χ1v) is 8.76. The van der Waals surface area contributed by atoms with Gasteiger partial charge in [0.15, 0.2) is 0 Å². The third-order valence-electron chi connectivity index (χ3n) is 5.05. The van der Waals surface area contributed by atoms with E-state index >= 15 is 0 Å². The Balaban J connectivity index is 1.88. The second kappa shape index (κ2) is 7.21. The number of fused-ring (bicyclic) bond motifs is 1. The largest absolute Gasteiger partial charge is 0.334 e. The van der Waals surface area contributed by atoms with Crippen molar-refractivity contribution in [2.45, 2.75) is 45.3 Å². The Labute approximate surface area is 143 Å². The highest BCUT2D eigenvalue weighted by Crippen LogP contribution is 2.27. The molecule has 6 nitrogen and oxygen atoms in total. The van der Waals surface area contributed by atoms with E-state index in [1.165, 1.54) is 0 Å². The Bertz CT molecular complexity index is 613. The van der Waals surface area contributed by atoms with E-state index < -0.39 is 6.04 Å². The van der Waals surface area contributed by atoms with Gasteiger partial charge < -0.3 is 20.9 Å². The summed E-state index contributed by atoms with van der Waals surface area (Å²) in [7, 11) is 0. The zero-order chi connectivity index (χ0) is 17.1. The van der Waals surface area contributed by atoms with Crippen LogP contribution in [0.1, 0.15) is 32.3 Å². The minimum Gasteiger partial charge on any atom is -0.334 e. The molecule has 2 heterocycles. The van der Waals surface area contributed by atoms with Crippen LogP contribution in [-0.4, -0.2) is 42.0 Å². The predicted molar refractivity (Wildman–Crippen MR) is 93.7 cm³/mol. The molecule has 0 unspecified atom stereocenters. The molecule has 24 heavy (non-hydrogen) atoms. The minimum atomic E-state index is -0.461. The Kier molecular flexibility index (Phi) is 5.04. The summed E-state index contributed by atoms with van der Waals surface area (Å²) < 4.78 is 0. The second-order valence-corrected chi connectivity index (χ2v) is 6.74. The standard InChI is InChI=1S/C18H26N4O2/c1-3-12(2)16-17(23)21-15-7-5-4-6-13(15)11-22(16)18(24)20-14-8-9-19-10-14/h4-7,12,14,16,19H,3,8-11H2,1-2H3,(H,20,24)(H,21,23)/t12-,14-,16-/m0/s1. The fraction of sp³-hybridized carbons (Fsp3) is 0.556. The highest BCUT2D eigenvalue weighted by molar-refractivity contribution is 5.98. The van der Waals surface area contributed by atoms with Gasteiger partial charge in [-0.2, -0.15) is 0 Å². The summed E-state index contributed by atoms with van der Waals surface area (Å²) in [5, 5.41) is 9.32. The number of para-hydroxylation sites is 1. The molecule has 0 bridgehead atoms. The van der Waals surface area contributed by atoms with Crippen molar-refractivity contribution in [1.82, 2.24) is 15.5 Å². The minimum absolute atomic E-state index is 0.0896. The molecule has 2 aliphatic heterocycles. The van der Waals surface area contributed by atoms with Crippen LogP contribution < -0.4 is 16.0 Å². The average Bonchev–Trinajstić information content (AvgIpc) is 3.02. The van der Waals surface area contributed by atoms with Crippen molar-refractivity contribution in [2.75, 3.05) is 18.4 Å². The monoisotopic (exact) mass is 330 g/mol. The normalized spacial score (nSPS) is 24.8. The van der Waals surface area contributed by atoms with E-state index in [1.54, 1.807) is 4.90 Å². The molecular weight excluding hydrogens is 304 g/mol. The number of hydrogen-bond donors (Lipinski definition) is 3. The first kappa shape index (κ1) is 16.8. The molecule has 0 saturated carbocycles. The number of amides is 3. The van der Waals surface area contributed by atoms with Crippen molar-refractivity contribution >= 4 is 17.6 Å². The van der Waals surface area contributed by atoms with E-state index in [2.05, 4.69) is 16.0 Å². The third-order valence-corrected chi connectivity index (χ3v) is 5.05. The fourth-order valence-corrected chi connectivity index (χ4v) is 3.43. The lowest BCUT2D eigenvalue weighted by Gasteiger charge is -2.33. The summed E-state index contributed by atoms with van der Waals surface area (Å²) in [5.74, 6) is -0.0132. The third kappa shape index (κ3) is 3.38. The van der Waals surface area contributed by atoms with Gasteiger partial charge in [-0.25, -0.2) is 4.79 Å². The van der Waals surface area contributed by atoms with Crippen LogP contribution in [0.15, 0.2) is 24.3 Å². The zero-order valence-corrected chi connectivity index (χ0v) is 14.3. The summed E-state index contributed by atoms with van der Waals surface area (Å²) in [6.45, 7) is 6.22. The molecular formula is C18H26N4O2. The summed E-state index contributed by atoms with van der Waals surface area (Å²) in [5.41, 5.74) is 1.77. The molecule has 1 fully saturated rings.